The maximum Gasteiger partial charge on any atom is 0.192 e. The summed E-state index contributed by atoms with van der Waals surface area (Å²) in [5.74, 6) is -0.844. The SMILES string of the molecule is CC(=[C-]C(=O)N=C(N)N)c1[c-]c(C)c(C)c(C)c1C.[Y].[Y].[Y].[Y].[Y].[Y]. The second-order valence-corrected chi connectivity index (χ2v) is 4.59. The first-order valence-electron chi connectivity index (χ1n) is 5.98. The maximum atomic E-state index is 11.5. The minimum absolute atomic E-state index is 0. The molecule has 4 N–H and O–H groups in total. The molecule has 1 aromatic rings. The van der Waals surface area contributed by atoms with Crippen LogP contribution in [0.4, 0.5) is 0 Å². The molecule has 0 aliphatic carbocycles. The molecule has 0 aromatic heterocycles. The van der Waals surface area contributed by atoms with Crippen molar-refractivity contribution in [2.75, 3.05) is 0 Å². The third kappa shape index (κ3) is 15.0. The number of amides is 1. The van der Waals surface area contributed by atoms with Gasteiger partial charge in [0.05, 0.1) is 0 Å². The van der Waals surface area contributed by atoms with Crippen LogP contribution in [-0.4, -0.2) is 11.9 Å². The van der Waals surface area contributed by atoms with E-state index in [1.54, 1.807) is 6.92 Å². The van der Waals surface area contributed by atoms with E-state index in [0.717, 1.165) is 16.7 Å². The molecule has 0 heterocycles. The van der Waals surface area contributed by atoms with Crippen LogP contribution >= 0.6 is 0 Å². The van der Waals surface area contributed by atoms with Crippen molar-refractivity contribution in [3.8, 4) is 0 Å². The molecular weight excluding hydrogens is 772 g/mol. The van der Waals surface area contributed by atoms with Crippen LogP contribution in [0.3, 0.4) is 0 Å². The number of carbonyl (C=O) groups excluding carboxylic acids is 1. The third-order valence-electron chi connectivity index (χ3n) is 3.28. The van der Waals surface area contributed by atoms with Gasteiger partial charge in [0.1, 0.15) is 0 Å². The molecule has 1 aromatic carbocycles. The zero-order chi connectivity index (χ0) is 14.7. The summed E-state index contributed by atoms with van der Waals surface area (Å²) in [6.07, 6.45) is 2.64. The van der Waals surface area contributed by atoms with E-state index in [1.807, 2.05) is 13.8 Å². The Morgan fingerprint density at radius 2 is 1.32 bits per heavy atom. The van der Waals surface area contributed by atoms with Gasteiger partial charge in [0.25, 0.3) is 0 Å². The van der Waals surface area contributed by atoms with Gasteiger partial charge in [-0.1, -0.05) is 27.7 Å². The normalized spacial score (nSPS) is 8.60. The predicted molar refractivity (Wildman–Crippen MR) is 77.4 cm³/mol. The van der Waals surface area contributed by atoms with E-state index in [9.17, 15) is 4.79 Å². The fourth-order valence-corrected chi connectivity index (χ4v) is 1.87. The Hall–Kier alpha value is 4.52. The van der Waals surface area contributed by atoms with Gasteiger partial charge in [0.15, 0.2) is 11.9 Å². The van der Waals surface area contributed by atoms with Crippen molar-refractivity contribution >= 4 is 17.4 Å². The molecule has 0 saturated carbocycles. The first kappa shape index (κ1) is 43.4. The number of nitrogens with two attached hydrogens (primary N) is 2. The number of carbonyl (C=O) groups is 1. The van der Waals surface area contributed by atoms with Crippen LogP contribution in [0.25, 0.3) is 5.57 Å². The summed E-state index contributed by atoms with van der Waals surface area (Å²) in [4.78, 5) is 14.9. The Bertz CT molecular complexity index is 599. The molecule has 0 aliphatic heterocycles. The van der Waals surface area contributed by atoms with Gasteiger partial charge in [0, 0.05) is 196 Å². The molecule has 0 unspecified atom stereocenters. The molecule has 1 rings (SSSR count). The van der Waals surface area contributed by atoms with E-state index in [4.69, 9.17) is 11.5 Å². The van der Waals surface area contributed by atoms with E-state index in [0.29, 0.717) is 5.57 Å². The zero-order valence-corrected chi connectivity index (χ0v) is 32.5. The van der Waals surface area contributed by atoms with Crippen LogP contribution in [0.2, 0.25) is 0 Å². The quantitative estimate of drug-likeness (QED) is 0.208. The van der Waals surface area contributed by atoms with Gasteiger partial charge in [-0.05, 0) is 0 Å². The van der Waals surface area contributed by atoms with Gasteiger partial charge in [-0.15, -0.1) is 18.1 Å². The van der Waals surface area contributed by atoms with Crippen molar-refractivity contribution in [3.05, 3.63) is 40.0 Å². The van der Waals surface area contributed by atoms with Crippen LogP contribution in [-0.2, 0) is 201 Å². The average molecular weight is 791 g/mol. The number of hydrogen-bond donors (Lipinski definition) is 2. The van der Waals surface area contributed by atoms with Crippen molar-refractivity contribution in [1.82, 2.24) is 0 Å². The molecule has 0 spiro atoms. The smallest absolute Gasteiger partial charge is 0.192 e. The summed E-state index contributed by atoms with van der Waals surface area (Å²) in [7, 11) is 0. The fraction of sp³-hybridized carbons (Fsp3) is 0.333. The van der Waals surface area contributed by atoms with Crippen molar-refractivity contribution in [1.29, 1.82) is 0 Å². The molecule has 25 heavy (non-hydrogen) atoms. The number of aliphatic imine (C=N–C) groups is 1. The molecule has 1 amide bonds. The molecule has 0 saturated heterocycles. The van der Waals surface area contributed by atoms with Crippen molar-refractivity contribution in [3.63, 3.8) is 0 Å². The Kier molecular flexibility index (Phi) is 37.8. The van der Waals surface area contributed by atoms with E-state index in [1.165, 1.54) is 11.1 Å². The average Bonchev–Trinajstić information content (AvgIpc) is 2.29. The van der Waals surface area contributed by atoms with Gasteiger partial charge in [0.2, 0.25) is 0 Å². The number of benzene rings is 1. The minimum Gasteiger partial charge on any atom is -0.370 e. The molecule has 10 heteroatoms. The summed E-state index contributed by atoms with van der Waals surface area (Å²) < 4.78 is 0. The van der Waals surface area contributed by atoms with Gasteiger partial charge in [-0.2, -0.15) is 10.6 Å². The monoisotopic (exact) mass is 791 g/mol. The third-order valence-corrected chi connectivity index (χ3v) is 3.28. The number of hydrogen-bond acceptors (Lipinski definition) is 1. The molecule has 0 aliphatic rings. The summed E-state index contributed by atoms with van der Waals surface area (Å²) in [5, 5.41) is 0. The van der Waals surface area contributed by atoms with Gasteiger partial charge in [-0.3, -0.25) is 15.9 Å². The van der Waals surface area contributed by atoms with Crippen LogP contribution in [0.5, 0.6) is 0 Å². The van der Waals surface area contributed by atoms with E-state index in [2.05, 4.69) is 31.0 Å². The Balaban J connectivity index is -0.000000150. The van der Waals surface area contributed by atoms with Gasteiger partial charge >= 0.3 is 0 Å². The maximum absolute atomic E-state index is 11.5. The Morgan fingerprint density at radius 1 is 0.880 bits per heavy atom. The van der Waals surface area contributed by atoms with E-state index in [-0.39, 0.29) is 202 Å². The largest absolute Gasteiger partial charge is 0.370 e. The van der Waals surface area contributed by atoms with E-state index >= 15 is 0 Å². The molecule has 0 atom stereocenters. The Morgan fingerprint density at radius 3 is 1.72 bits per heavy atom. The van der Waals surface area contributed by atoms with Crippen LogP contribution < -0.4 is 11.5 Å². The summed E-state index contributed by atoms with van der Waals surface area (Å²) in [5.41, 5.74) is 16.4. The second-order valence-electron chi connectivity index (χ2n) is 4.59. The summed E-state index contributed by atoms with van der Waals surface area (Å²) in [6.45, 7) is 9.92. The van der Waals surface area contributed by atoms with Crippen molar-refractivity contribution < 1.29 is 201 Å². The standard InChI is InChI=1S/C15H19N3O.6Y/c1-8-6-13(12(5)11(4)10(8)3)9(2)7-14(19)18-15(16)17;;;;;;/h1-5H3,(H4,16,17,18,19);;;;;;/q-2;;;;;;. The number of guanidine groups is 1. The van der Waals surface area contributed by atoms with Gasteiger partial charge in [-0.25, -0.2) is 17.7 Å². The zero-order valence-electron chi connectivity index (χ0n) is 15.5. The van der Waals surface area contributed by atoms with Gasteiger partial charge < -0.3 is 11.5 Å². The number of allylic oxidation sites excluding steroid dienone is 1. The van der Waals surface area contributed by atoms with Crippen LogP contribution in [0.15, 0.2) is 4.99 Å². The topological polar surface area (TPSA) is 81.5 Å². The fourth-order valence-electron chi connectivity index (χ4n) is 1.87. The predicted octanol–water partition coefficient (Wildman–Crippen LogP) is 1.71. The molecule has 0 bridgehead atoms. The summed E-state index contributed by atoms with van der Waals surface area (Å²) in [6, 6.07) is 3.28. The first-order chi connectivity index (χ1) is 8.73. The van der Waals surface area contributed by atoms with Crippen molar-refractivity contribution in [2.45, 2.75) is 34.6 Å². The molecule has 120 valence electrons. The molecule has 0 fully saturated rings. The van der Waals surface area contributed by atoms with Crippen molar-refractivity contribution in [2.24, 2.45) is 16.5 Å². The van der Waals surface area contributed by atoms with Crippen LogP contribution in [0.1, 0.15) is 34.7 Å². The Labute approximate surface area is 302 Å². The molecule has 4 nitrogen and oxygen atoms in total. The first-order valence-corrected chi connectivity index (χ1v) is 5.98. The second kappa shape index (κ2) is 21.7. The van der Waals surface area contributed by atoms with Crippen LogP contribution in [0, 0.1) is 39.8 Å². The molecular formula is C15H19N3OY6-2. The summed E-state index contributed by atoms with van der Waals surface area (Å²) >= 11 is 0. The number of aryl methyl sites for hydroxylation is 1. The van der Waals surface area contributed by atoms with E-state index < -0.39 is 5.91 Å². The number of rotatable bonds is 2. The minimum atomic E-state index is -0.582. The number of nitrogens with zero attached hydrogens (tertiary/aromatic N) is 1. The molecule has 6 radical (unpaired) electrons.